The minimum absolute atomic E-state index is 0.0575. The van der Waals surface area contributed by atoms with Gasteiger partial charge in [0.25, 0.3) is 0 Å². The van der Waals surface area contributed by atoms with Crippen LogP contribution in [0.25, 0.3) is 22.6 Å². The number of aromatic hydroxyl groups is 1. The first kappa shape index (κ1) is 22.4. The Morgan fingerprint density at radius 3 is 2.71 bits per heavy atom. The fourth-order valence-electron chi connectivity index (χ4n) is 3.83. The SMILES string of the molecule is O=C(Oc1cc(-c2ncsn2)cc(O)c1-c1cnc(N2CCN[C@@H](C3CC3)C2)nn1)C(F)(F)F. The van der Waals surface area contributed by atoms with Crippen LogP contribution in [0, 0.1) is 5.92 Å². The Kier molecular flexibility index (Phi) is 5.77. The molecule has 34 heavy (non-hydrogen) atoms. The molecule has 0 spiro atoms. The van der Waals surface area contributed by atoms with Gasteiger partial charge in [-0.25, -0.2) is 14.8 Å². The molecule has 1 saturated heterocycles. The third kappa shape index (κ3) is 4.63. The van der Waals surface area contributed by atoms with Crippen LogP contribution in [-0.2, 0) is 4.79 Å². The van der Waals surface area contributed by atoms with Gasteiger partial charge in [0.05, 0.1) is 11.8 Å². The summed E-state index contributed by atoms with van der Waals surface area (Å²) in [5.41, 5.74) is 1.27. The minimum Gasteiger partial charge on any atom is -0.507 e. The third-order valence-corrected chi connectivity index (χ3v) is 6.10. The summed E-state index contributed by atoms with van der Waals surface area (Å²) in [5, 5.41) is 22.3. The maximum absolute atomic E-state index is 12.9. The molecule has 3 aromatic rings. The van der Waals surface area contributed by atoms with Crippen LogP contribution in [0.5, 0.6) is 11.5 Å². The standard InChI is InChI=1S/C20H18F3N7O3S/c21-20(22,23)18(32)33-15-6-11(17-26-9-34-29-17)5-14(31)16(15)12-7-25-19(28-27-12)30-4-3-24-13(8-30)10-1-2-10/h5-7,9-10,13,24,31H,1-4,8H2/t13-/m1/s1. The number of alkyl halides is 3. The van der Waals surface area contributed by atoms with Crippen LogP contribution in [-0.4, -0.2) is 67.5 Å². The van der Waals surface area contributed by atoms with E-state index in [1.807, 2.05) is 4.90 Å². The molecule has 2 aromatic heterocycles. The molecule has 1 saturated carbocycles. The van der Waals surface area contributed by atoms with Crippen LogP contribution in [0.1, 0.15) is 12.8 Å². The molecule has 1 aliphatic heterocycles. The van der Waals surface area contributed by atoms with E-state index in [0.29, 0.717) is 24.5 Å². The second-order valence-electron chi connectivity index (χ2n) is 8.00. The van der Waals surface area contributed by atoms with E-state index in [1.54, 1.807) is 0 Å². The number of esters is 1. The third-order valence-electron chi connectivity index (χ3n) is 5.62. The summed E-state index contributed by atoms with van der Waals surface area (Å²) in [5.74, 6) is -2.33. The van der Waals surface area contributed by atoms with Gasteiger partial charge in [-0.3, -0.25) is 0 Å². The zero-order valence-electron chi connectivity index (χ0n) is 17.5. The highest BCUT2D eigenvalue weighted by Gasteiger charge is 2.42. The normalized spacial score (nSPS) is 18.7. The van der Waals surface area contributed by atoms with Gasteiger partial charge >= 0.3 is 12.1 Å². The van der Waals surface area contributed by atoms with Crippen molar-refractivity contribution < 1.29 is 27.8 Å². The van der Waals surface area contributed by atoms with Crippen molar-refractivity contribution in [3.05, 3.63) is 23.8 Å². The summed E-state index contributed by atoms with van der Waals surface area (Å²) in [4.78, 5) is 21.8. The largest absolute Gasteiger partial charge is 0.507 e. The molecule has 5 rings (SSSR count). The highest BCUT2D eigenvalue weighted by molar-refractivity contribution is 7.03. The lowest BCUT2D eigenvalue weighted by Crippen LogP contribution is -2.52. The summed E-state index contributed by atoms with van der Waals surface area (Å²) in [6.07, 6.45) is -1.59. The number of hydrogen-bond donors (Lipinski definition) is 2. The Balaban J connectivity index is 1.47. The van der Waals surface area contributed by atoms with Gasteiger partial charge in [0.2, 0.25) is 5.95 Å². The van der Waals surface area contributed by atoms with Crippen LogP contribution in [0.3, 0.4) is 0 Å². The van der Waals surface area contributed by atoms with E-state index in [1.165, 1.54) is 30.6 Å². The van der Waals surface area contributed by atoms with Gasteiger partial charge in [-0.15, -0.1) is 10.2 Å². The van der Waals surface area contributed by atoms with Crippen molar-refractivity contribution in [2.45, 2.75) is 25.1 Å². The van der Waals surface area contributed by atoms with Gasteiger partial charge in [0.15, 0.2) is 5.82 Å². The smallest absolute Gasteiger partial charge is 0.491 e. The Morgan fingerprint density at radius 2 is 2.06 bits per heavy atom. The second kappa shape index (κ2) is 8.76. The van der Waals surface area contributed by atoms with Crippen LogP contribution in [0.15, 0.2) is 23.8 Å². The predicted molar refractivity (Wildman–Crippen MR) is 114 cm³/mol. The van der Waals surface area contributed by atoms with Crippen molar-refractivity contribution in [1.82, 2.24) is 29.9 Å². The lowest BCUT2D eigenvalue weighted by molar-refractivity contribution is -0.189. The fraction of sp³-hybridized carbons (Fsp3) is 0.400. The second-order valence-corrected chi connectivity index (χ2v) is 8.60. The van der Waals surface area contributed by atoms with E-state index in [4.69, 9.17) is 0 Å². The van der Waals surface area contributed by atoms with Gasteiger partial charge in [-0.2, -0.15) is 17.5 Å². The summed E-state index contributed by atoms with van der Waals surface area (Å²) in [6, 6.07) is 2.72. The van der Waals surface area contributed by atoms with E-state index >= 15 is 0 Å². The first-order valence-corrected chi connectivity index (χ1v) is 11.2. The van der Waals surface area contributed by atoms with Crippen LogP contribution in [0.2, 0.25) is 0 Å². The molecule has 10 nitrogen and oxygen atoms in total. The van der Waals surface area contributed by atoms with Crippen molar-refractivity contribution in [1.29, 1.82) is 0 Å². The number of carbonyl (C=O) groups excluding carboxylic acids is 1. The summed E-state index contributed by atoms with van der Waals surface area (Å²) >= 11 is 1.01. The monoisotopic (exact) mass is 493 g/mol. The zero-order valence-corrected chi connectivity index (χ0v) is 18.3. The molecular formula is C20H18F3N7O3S. The molecule has 0 amide bonds. The Morgan fingerprint density at radius 1 is 1.24 bits per heavy atom. The topological polar surface area (TPSA) is 126 Å². The van der Waals surface area contributed by atoms with Gasteiger partial charge in [-0.05, 0) is 42.4 Å². The number of phenolic OH excluding ortho intramolecular Hbond substituents is 1. The summed E-state index contributed by atoms with van der Waals surface area (Å²) in [7, 11) is 0. The van der Waals surface area contributed by atoms with Crippen molar-refractivity contribution in [2.24, 2.45) is 5.92 Å². The molecule has 1 atom stereocenters. The molecule has 14 heteroatoms. The average molecular weight is 493 g/mol. The number of nitrogens with zero attached hydrogens (tertiary/aromatic N) is 6. The molecular weight excluding hydrogens is 475 g/mol. The van der Waals surface area contributed by atoms with E-state index in [9.17, 15) is 23.1 Å². The summed E-state index contributed by atoms with van der Waals surface area (Å²) in [6.45, 7) is 2.18. The van der Waals surface area contributed by atoms with Crippen LogP contribution in [0.4, 0.5) is 19.1 Å². The molecule has 0 radical (unpaired) electrons. The molecule has 1 aromatic carbocycles. The lowest BCUT2D eigenvalue weighted by Gasteiger charge is -2.33. The van der Waals surface area contributed by atoms with E-state index < -0.39 is 23.6 Å². The number of halogens is 3. The molecule has 3 heterocycles. The Hall–Kier alpha value is -3.39. The van der Waals surface area contributed by atoms with E-state index in [-0.39, 0.29) is 22.6 Å². The van der Waals surface area contributed by atoms with Gasteiger partial charge < -0.3 is 20.1 Å². The van der Waals surface area contributed by atoms with E-state index in [2.05, 4.69) is 34.6 Å². The van der Waals surface area contributed by atoms with Gasteiger partial charge in [0.1, 0.15) is 22.7 Å². The van der Waals surface area contributed by atoms with Crippen LogP contribution < -0.4 is 15.0 Å². The number of rotatable bonds is 5. The highest BCUT2D eigenvalue weighted by atomic mass is 32.1. The van der Waals surface area contributed by atoms with Gasteiger partial charge in [-0.1, -0.05) is 0 Å². The maximum atomic E-state index is 12.9. The lowest BCUT2D eigenvalue weighted by atomic mass is 10.1. The quantitative estimate of drug-likeness (QED) is 0.404. The fourth-order valence-corrected chi connectivity index (χ4v) is 4.27. The molecule has 178 valence electrons. The number of aromatic nitrogens is 5. The Bertz CT molecular complexity index is 1190. The van der Waals surface area contributed by atoms with Crippen molar-refractivity contribution >= 4 is 23.5 Å². The number of nitrogens with one attached hydrogen (secondary N) is 1. The molecule has 1 aliphatic carbocycles. The number of anilines is 1. The van der Waals surface area contributed by atoms with Crippen molar-refractivity contribution in [3.8, 4) is 34.1 Å². The predicted octanol–water partition coefficient (Wildman–Crippen LogP) is 2.42. The molecule has 2 aliphatic rings. The highest BCUT2D eigenvalue weighted by Crippen LogP contribution is 2.41. The number of carbonyl (C=O) groups is 1. The van der Waals surface area contributed by atoms with E-state index in [0.717, 1.165) is 30.7 Å². The summed E-state index contributed by atoms with van der Waals surface area (Å²) < 4.78 is 47.2. The molecule has 2 N–H and O–H groups in total. The first-order valence-electron chi connectivity index (χ1n) is 10.4. The Labute approximate surface area is 195 Å². The van der Waals surface area contributed by atoms with Gasteiger partial charge in [0, 0.05) is 31.2 Å². The average Bonchev–Trinajstić information content (AvgIpc) is 3.52. The maximum Gasteiger partial charge on any atom is 0.491 e. The van der Waals surface area contributed by atoms with Crippen molar-refractivity contribution in [2.75, 3.05) is 24.5 Å². The number of benzene rings is 1. The molecule has 0 bridgehead atoms. The first-order chi connectivity index (χ1) is 16.3. The van der Waals surface area contributed by atoms with Crippen LogP contribution >= 0.6 is 11.5 Å². The number of piperazine rings is 1. The minimum atomic E-state index is -5.24. The van der Waals surface area contributed by atoms with Crippen molar-refractivity contribution in [3.63, 3.8) is 0 Å². The molecule has 0 unspecified atom stereocenters. The number of phenols is 1. The number of ether oxygens (including phenoxy) is 1. The number of hydrogen-bond acceptors (Lipinski definition) is 11. The molecule has 2 fully saturated rings. The zero-order chi connectivity index (χ0) is 23.9.